The van der Waals surface area contributed by atoms with Gasteiger partial charge in [0.05, 0.1) is 12.7 Å². The van der Waals surface area contributed by atoms with Crippen molar-refractivity contribution < 1.29 is 9.53 Å². The Labute approximate surface area is 137 Å². The average molecular weight is 309 g/mol. The number of benzene rings is 2. The summed E-state index contributed by atoms with van der Waals surface area (Å²) in [5, 5.41) is 0. The Morgan fingerprint density at radius 1 is 1.09 bits per heavy atom. The molecule has 3 rings (SSSR count). The predicted octanol–water partition coefficient (Wildman–Crippen LogP) is 3.46. The molecule has 1 atom stereocenters. The average Bonchev–Trinajstić information content (AvgIpc) is 2.61. The highest BCUT2D eigenvalue weighted by Crippen LogP contribution is 2.28. The topological polar surface area (TPSA) is 29.5 Å². The van der Waals surface area contributed by atoms with Crippen molar-refractivity contribution in [3.05, 3.63) is 71.8 Å². The number of rotatable bonds is 4. The van der Waals surface area contributed by atoms with E-state index in [0.29, 0.717) is 26.1 Å². The van der Waals surface area contributed by atoms with Crippen LogP contribution in [0.2, 0.25) is 0 Å². The molecule has 0 bridgehead atoms. The molecule has 2 aromatic carbocycles. The van der Waals surface area contributed by atoms with Crippen LogP contribution in [-0.4, -0.2) is 36.6 Å². The minimum absolute atomic E-state index is 0.100. The maximum Gasteiger partial charge on any atom is 0.223 e. The first kappa shape index (κ1) is 15.8. The number of amides is 1. The zero-order valence-electron chi connectivity index (χ0n) is 13.5. The number of ether oxygens (including phenoxy) is 1. The summed E-state index contributed by atoms with van der Waals surface area (Å²) in [5.74, 6) is 0.306. The molecule has 1 unspecified atom stereocenters. The fraction of sp³-hybridized carbons (Fsp3) is 0.350. The smallest absolute Gasteiger partial charge is 0.223 e. The molecule has 0 radical (unpaired) electrons. The minimum Gasteiger partial charge on any atom is -0.375 e. The molecular formula is C20H23NO2. The van der Waals surface area contributed by atoms with Gasteiger partial charge in [-0.1, -0.05) is 60.7 Å². The highest BCUT2D eigenvalue weighted by atomic mass is 16.5. The first-order valence-corrected chi connectivity index (χ1v) is 8.23. The van der Waals surface area contributed by atoms with Crippen LogP contribution in [-0.2, 0) is 9.53 Å². The highest BCUT2D eigenvalue weighted by Gasteiger charge is 2.25. The first-order valence-electron chi connectivity index (χ1n) is 8.23. The molecule has 1 aliphatic heterocycles. The standard InChI is InChI=1S/C20H23NO2/c1-16-15-21(12-13-23-16)20(22)14-19(17-8-4-2-5-9-17)18-10-6-3-7-11-18/h2-11,16,19H,12-15H2,1H3. The molecule has 1 aliphatic rings. The second kappa shape index (κ2) is 7.42. The van der Waals surface area contributed by atoms with Gasteiger partial charge in [0, 0.05) is 25.4 Å². The Morgan fingerprint density at radius 2 is 1.65 bits per heavy atom. The van der Waals surface area contributed by atoms with Gasteiger partial charge in [-0.05, 0) is 18.1 Å². The van der Waals surface area contributed by atoms with Gasteiger partial charge < -0.3 is 9.64 Å². The van der Waals surface area contributed by atoms with Crippen molar-refractivity contribution in [3.63, 3.8) is 0 Å². The largest absolute Gasteiger partial charge is 0.375 e. The van der Waals surface area contributed by atoms with Gasteiger partial charge in [0.2, 0.25) is 5.91 Å². The van der Waals surface area contributed by atoms with Crippen LogP contribution in [0.5, 0.6) is 0 Å². The number of hydrogen-bond acceptors (Lipinski definition) is 2. The van der Waals surface area contributed by atoms with Crippen molar-refractivity contribution in [1.29, 1.82) is 0 Å². The van der Waals surface area contributed by atoms with E-state index in [1.165, 1.54) is 11.1 Å². The van der Waals surface area contributed by atoms with Crippen LogP contribution in [0, 0.1) is 0 Å². The van der Waals surface area contributed by atoms with Crippen molar-refractivity contribution in [2.24, 2.45) is 0 Å². The van der Waals surface area contributed by atoms with Crippen LogP contribution in [0.25, 0.3) is 0 Å². The summed E-state index contributed by atoms with van der Waals surface area (Å²) in [4.78, 5) is 14.7. The van der Waals surface area contributed by atoms with Crippen LogP contribution >= 0.6 is 0 Å². The monoisotopic (exact) mass is 309 g/mol. The number of morpholine rings is 1. The second-order valence-corrected chi connectivity index (χ2v) is 6.10. The van der Waals surface area contributed by atoms with E-state index < -0.39 is 0 Å². The molecule has 120 valence electrons. The molecule has 3 heteroatoms. The predicted molar refractivity (Wildman–Crippen MR) is 91.3 cm³/mol. The lowest BCUT2D eigenvalue weighted by Crippen LogP contribution is -2.44. The van der Waals surface area contributed by atoms with E-state index in [1.807, 2.05) is 48.2 Å². The third-order valence-electron chi connectivity index (χ3n) is 4.38. The fourth-order valence-corrected chi connectivity index (χ4v) is 3.15. The van der Waals surface area contributed by atoms with Gasteiger partial charge in [0.15, 0.2) is 0 Å². The minimum atomic E-state index is 0.100. The maximum atomic E-state index is 12.8. The van der Waals surface area contributed by atoms with Gasteiger partial charge in [0.25, 0.3) is 0 Å². The molecule has 0 spiro atoms. The Kier molecular flexibility index (Phi) is 5.09. The summed E-state index contributed by atoms with van der Waals surface area (Å²) in [6, 6.07) is 20.6. The van der Waals surface area contributed by atoms with E-state index in [-0.39, 0.29) is 17.9 Å². The molecule has 1 saturated heterocycles. The molecule has 0 aliphatic carbocycles. The summed E-state index contributed by atoms with van der Waals surface area (Å²) in [6.45, 7) is 4.04. The van der Waals surface area contributed by atoms with E-state index in [2.05, 4.69) is 24.3 Å². The van der Waals surface area contributed by atoms with Gasteiger partial charge in [-0.15, -0.1) is 0 Å². The van der Waals surface area contributed by atoms with E-state index >= 15 is 0 Å². The van der Waals surface area contributed by atoms with Crippen LogP contribution in [0.4, 0.5) is 0 Å². The van der Waals surface area contributed by atoms with Crippen molar-refractivity contribution in [2.45, 2.75) is 25.4 Å². The van der Waals surface area contributed by atoms with E-state index in [9.17, 15) is 4.79 Å². The van der Waals surface area contributed by atoms with Crippen molar-refractivity contribution >= 4 is 5.91 Å². The number of hydrogen-bond donors (Lipinski definition) is 0. The summed E-state index contributed by atoms with van der Waals surface area (Å²) < 4.78 is 5.54. The van der Waals surface area contributed by atoms with Gasteiger partial charge >= 0.3 is 0 Å². The van der Waals surface area contributed by atoms with Crippen LogP contribution < -0.4 is 0 Å². The van der Waals surface area contributed by atoms with Gasteiger partial charge in [0.1, 0.15) is 0 Å². The SMILES string of the molecule is CC1CN(C(=O)CC(c2ccccc2)c2ccccc2)CCO1. The van der Waals surface area contributed by atoms with E-state index in [0.717, 1.165) is 0 Å². The Morgan fingerprint density at radius 3 is 2.17 bits per heavy atom. The zero-order chi connectivity index (χ0) is 16.1. The third kappa shape index (κ3) is 3.99. The van der Waals surface area contributed by atoms with Gasteiger partial charge in [-0.25, -0.2) is 0 Å². The summed E-state index contributed by atoms with van der Waals surface area (Å²) >= 11 is 0. The molecule has 0 saturated carbocycles. The molecule has 1 amide bonds. The zero-order valence-corrected chi connectivity index (χ0v) is 13.5. The normalized spacial score (nSPS) is 18.2. The number of carbonyl (C=O) groups excluding carboxylic acids is 1. The molecule has 0 aromatic heterocycles. The van der Waals surface area contributed by atoms with Crippen molar-refractivity contribution in [3.8, 4) is 0 Å². The van der Waals surface area contributed by atoms with E-state index in [4.69, 9.17) is 4.74 Å². The summed E-state index contributed by atoms with van der Waals surface area (Å²) in [7, 11) is 0. The van der Waals surface area contributed by atoms with Crippen molar-refractivity contribution in [1.82, 2.24) is 4.90 Å². The van der Waals surface area contributed by atoms with Crippen LogP contribution in [0.1, 0.15) is 30.4 Å². The number of nitrogens with zero attached hydrogens (tertiary/aromatic N) is 1. The quantitative estimate of drug-likeness (QED) is 0.865. The summed E-state index contributed by atoms with van der Waals surface area (Å²) in [5.41, 5.74) is 2.38. The Bertz CT molecular complexity index is 587. The highest BCUT2D eigenvalue weighted by molar-refractivity contribution is 5.78. The Balaban J connectivity index is 1.80. The van der Waals surface area contributed by atoms with E-state index in [1.54, 1.807) is 0 Å². The summed E-state index contributed by atoms with van der Waals surface area (Å²) in [6.07, 6.45) is 0.625. The second-order valence-electron chi connectivity index (χ2n) is 6.10. The molecule has 0 N–H and O–H groups in total. The van der Waals surface area contributed by atoms with Gasteiger partial charge in [-0.2, -0.15) is 0 Å². The lowest BCUT2D eigenvalue weighted by Gasteiger charge is -2.32. The first-order chi connectivity index (χ1) is 11.2. The lowest BCUT2D eigenvalue weighted by molar-refractivity contribution is -0.138. The molecule has 1 heterocycles. The number of carbonyl (C=O) groups is 1. The molecule has 1 fully saturated rings. The maximum absolute atomic E-state index is 12.8. The molecule has 2 aromatic rings. The molecular weight excluding hydrogens is 286 g/mol. The molecule has 23 heavy (non-hydrogen) atoms. The van der Waals surface area contributed by atoms with Gasteiger partial charge in [-0.3, -0.25) is 4.79 Å². The van der Waals surface area contributed by atoms with Crippen LogP contribution in [0.15, 0.2) is 60.7 Å². The fourth-order valence-electron chi connectivity index (χ4n) is 3.15. The van der Waals surface area contributed by atoms with Crippen LogP contribution in [0.3, 0.4) is 0 Å². The lowest BCUT2D eigenvalue weighted by atomic mass is 9.88. The molecule has 3 nitrogen and oxygen atoms in total. The Hall–Kier alpha value is -2.13. The third-order valence-corrected chi connectivity index (χ3v) is 4.38. The van der Waals surface area contributed by atoms with Crippen molar-refractivity contribution in [2.75, 3.05) is 19.7 Å².